The van der Waals surface area contributed by atoms with Gasteiger partial charge in [-0.3, -0.25) is 4.79 Å². The predicted octanol–water partition coefficient (Wildman–Crippen LogP) is 2.27. The van der Waals surface area contributed by atoms with E-state index in [2.05, 4.69) is 0 Å². The summed E-state index contributed by atoms with van der Waals surface area (Å²) in [7, 11) is 0. The minimum atomic E-state index is -0.491. The molecule has 0 atom stereocenters. The Morgan fingerprint density at radius 3 is 2.59 bits per heavy atom. The Morgan fingerprint density at radius 1 is 1.18 bits per heavy atom. The molecule has 2 aliphatic heterocycles. The summed E-state index contributed by atoms with van der Waals surface area (Å²) in [4.78, 5) is 27.5. The highest BCUT2D eigenvalue weighted by molar-refractivity contribution is 5.94. The van der Waals surface area contributed by atoms with E-state index in [0.717, 1.165) is 6.42 Å². The van der Waals surface area contributed by atoms with Crippen molar-refractivity contribution in [2.75, 3.05) is 26.2 Å². The van der Waals surface area contributed by atoms with Crippen molar-refractivity contribution in [2.45, 2.75) is 25.3 Å². The Balaban J connectivity index is 1.61. The average molecular weight is 306 g/mol. The van der Waals surface area contributed by atoms with Gasteiger partial charge in [0.25, 0.3) is 5.91 Å². The van der Waals surface area contributed by atoms with Crippen molar-refractivity contribution in [3.8, 4) is 0 Å². The minimum Gasteiger partial charge on any atom is -0.449 e. The summed E-state index contributed by atoms with van der Waals surface area (Å²) in [5, 5.41) is 0. The van der Waals surface area contributed by atoms with Crippen LogP contribution < -0.4 is 0 Å². The van der Waals surface area contributed by atoms with Crippen LogP contribution in [0.1, 0.15) is 29.6 Å². The van der Waals surface area contributed by atoms with E-state index < -0.39 is 5.82 Å². The van der Waals surface area contributed by atoms with E-state index in [0.29, 0.717) is 39.1 Å². The highest BCUT2D eigenvalue weighted by Gasteiger charge is 2.32. The van der Waals surface area contributed by atoms with Gasteiger partial charge in [0.2, 0.25) is 0 Å². The van der Waals surface area contributed by atoms with Crippen LogP contribution in [0.5, 0.6) is 0 Å². The van der Waals surface area contributed by atoms with Crippen molar-refractivity contribution in [3.05, 3.63) is 35.6 Å². The van der Waals surface area contributed by atoms with Gasteiger partial charge >= 0.3 is 6.09 Å². The third kappa shape index (κ3) is 2.91. The van der Waals surface area contributed by atoms with Gasteiger partial charge in [-0.05, 0) is 31.4 Å². The number of piperidine rings is 1. The Bertz CT molecular complexity index is 570. The van der Waals surface area contributed by atoms with E-state index in [4.69, 9.17) is 4.74 Å². The maximum atomic E-state index is 13.7. The Morgan fingerprint density at radius 2 is 1.91 bits per heavy atom. The van der Waals surface area contributed by atoms with Crippen molar-refractivity contribution in [1.29, 1.82) is 0 Å². The van der Waals surface area contributed by atoms with E-state index in [1.54, 1.807) is 21.9 Å². The van der Waals surface area contributed by atoms with E-state index in [-0.39, 0.29) is 23.6 Å². The summed E-state index contributed by atoms with van der Waals surface area (Å²) in [5.41, 5.74) is 0.110. The van der Waals surface area contributed by atoms with Crippen molar-refractivity contribution < 1.29 is 18.7 Å². The zero-order valence-electron chi connectivity index (χ0n) is 12.3. The average Bonchev–Trinajstić information content (AvgIpc) is 2.55. The molecule has 2 heterocycles. The summed E-state index contributed by atoms with van der Waals surface area (Å²) in [5.74, 6) is -0.771. The zero-order chi connectivity index (χ0) is 15.5. The van der Waals surface area contributed by atoms with E-state index in [9.17, 15) is 14.0 Å². The van der Waals surface area contributed by atoms with Gasteiger partial charge in [-0.2, -0.15) is 0 Å². The smallest absolute Gasteiger partial charge is 0.410 e. The Kier molecular flexibility index (Phi) is 4.27. The molecule has 22 heavy (non-hydrogen) atoms. The van der Waals surface area contributed by atoms with Crippen molar-refractivity contribution in [1.82, 2.24) is 9.80 Å². The zero-order valence-corrected chi connectivity index (χ0v) is 12.3. The van der Waals surface area contributed by atoms with Crippen molar-refractivity contribution in [3.63, 3.8) is 0 Å². The fourth-order valence-corrected chi connectivity index (χ4v) is 3.09. The number of benzene rings is 1. The first-order valence-corrected chi connectivity index (χ1v) is 7.64. The van der Waals surface area contributed by atoms with Crippen LogP contribution >= 0.6 is 0 Å². The number of hydrogen-bond acceptors (Lipinski definition) is 3. The largest absolute Gasteiger partial charge is 0.449 e. The summed E-state index contributed by atoms with van der Waals surface area (Å²) in [6, 6.07) is 6.14. The fourth-order valence-electron chi connectivity index (χ4n) is 3.09. The number of carbonyl (C=O) groups is 2. The molecule has 2 fully saturated rings. The van der Waals surface area contributed by atoms with Crippen LogP contribution in [0.25, 0.3) is 0 Å². The van der Waals surface area contributed by atoms with Gasteiger partial charge < -0.3 is 14.5 Å². The highest BCUT2D eigenvalue weighted by Crippen LogP contribution is 2.21. The van der Waals surface area contributed by atoms with Gasteiger partial charge in [-0.1, -0.05) is 12.1 Å². The number of rotatable bonds is 2. The lowest BCUT2D eigenvalue weighted by atomic mass is 10.0. The Labute approximate surface area is 128 Å². The number of amides is 2. The van der Waals surface area contributed by atoms with Crippen molar-refractivity contribution in [2.24, 2.45) is 0 Å². The van der Waals surface area contributed by atoms with Crippen LogP contribution in [0.2, 0.25) is 0 Å². The second kappa shape index (κ2) is 6.34. The van der Waals surface area contributed by atoms with Gasteiger partial charge in [-0.25, -0.2) is 9.18 Å². The van der Waals surface area contributed by atoms with Crippen LogP contribution in [-0.4, -0.2) is 54.1 Å². The number of likely N-dealkylation sites (tertiary alicyclic amines) is 1. The molecule has 0 aliphatic carbocycles. The maximum absolute atomic E-state index is 13.7. The van der Waals surface area contributed by atoms with Gasteiger partial charge in [0, 0.05) is 25.7 Å². The lowest BCUT2D eigenvalue weighted by Crippen LogP contribution is -2.51. The number of carbonyl (C=O) groups excluding carboxylic acids is 2. The number of ether oxygens (including phenoxy) is 1. The van der Waals surface area contributed by atoms with Crippen LogP contribution in [0, 0.1) is 5.82 Å². The van der Waals surface area contributed by atoms with E-state index in [1.165, 1.54) is 12.1 Å². The van der Waals surface area contributed by atoms with E-state index in [1.807, 2.05) is 0 Å². The molecule has 2 saturated heterocycles. The quantitative estimate of drug-likeness (QED) is 0.842. The maximum Gasteiger partial charge on any atom is 0.410 e. The first-order valence-electron chi connectivity index (χ1n) is 7.64. The molecule has 1 aromatic carbocycles. The summed E-state index contributed by atoms with van der Waals surface area (Å²) in [6.45, 7) is 2.26. The molecule has 118 valence electrons. The highest BCUT2D eigenvalue weighted by atomic mass is 19.1. The lowest BCUT2D eigenvalue weighted by Gasteiger charge is -2.39. The molecule has 6 heteroatoms. The first kappa shape index (κ1) is 14.8. The monoisotopic (exact) mass is 306 g/mol. The minimum absolute atomic E-state index is 0.109. The molecule has 5 nitrogen and oxygen atoms in total. The first-order chi connectivity index (χ1) is 10.7. The second-order valence-corrected chi connectivity index (χ2v) is 5.66. The number of halogens is 1. The lowest BCUT2D eigenvalue weighted by molar-refractivity contribution is 0.0355. The molecule has 0 N–H and O–H groups in total. The molecule has 0 aromatic heterocycles. The predicted molar refractivity (Wildman–Crippen MR) is 78.0 cm³/mol. The molecule has 0 saturated carbocycles. The van der Waals surface area contributed by atoms with E-state index >= 15 is 0 Å². The SMILES string of the molecule is O=C(c1ccccc1F)N1CCC(N2CCCOC2=O)CC1. The molecule has 0 spiro atoms. The molecule has 0 radical (unpaired) electrons. The second-order valence-electron chi connectivity index (χ2n) is 5.66. The fraction of sp³-hybridized carbons (Fsp3) is 0.500. The molecular weight excluding hydrogens is 287 g/mol. The standard InChI is InChI=1S/C16H19FN2O3/c17-14-5-2-1-4-13(14)15(20)18-9-6-12(7-10-18)19-8-3-11-22-16(19)21/h1-2,4-5,12H,3,6-11H2. The number of hydrogen-bond donors (Lipinski definition) is 0. The molecular formula is C16H19FN2O3. The third-order valence-electron chi connectivity index (χ3n) is 4.30. The van der Waals surface area contributed by atoms with Crippen LogP contribution in [0.4, 0.5) is 9.18 Å². The normalized spacial score (nSPS) is 20.0. The van der Waals surface area contributed by atoms with Gasteiger partial charge in [0.05, 0.1) is 12.2 Å². The van der Waals surface area contributed by atoms with Gasteiger partial charge in [-0.15, -0.1) is 0 Å². The molecule has 2 amide bonds. The topological polar surface area (TPSA) is 49.9 Å². The summed E-state index contributed by atoms with van der Waals surface area (Å²) >= 11 is 0. The number of nitrogens with zero attached hydrogens (tertiary/aromatic N) is 2. The van der Waals surface area contributed by atoms with Gasteiger partial charge in [0.15, 0.2) is 0 Å². The Hall–Kier alpha value is -2.11. The molecule has 1 aromatic rings. The third-order valence-corrected chi connectivity index (χ3v) is 4.30. The van der Waals surface area contributed by atoms with Crippen LogP contribution in [0.15, 0.2) is 24.3 Å². The molecule has 2 aliphatic rings. The molecule has 3 rings (SSSR count). The van der Waals surface area contributed by atoms with Gasteiger partial charge in [0.1, 0.15) is 5.82 Å². The van der Waals surface area contributed by atoms with Crippen LogP contribution in [-0.2, 0) is 4.74 Å². The summed E-state index contributed by atoms with van der Waals surface area (Å²) < 4.78 is 18.8. The molecule has 0 unspecified atom stereocenters. The van der Waals surface area contributed by atoms with Crippen molar-refractivity contribution >= 4 is 12.0 Å². The van der Waals surface area contributed by atoms with Crippen LogP contribution in [0.3, 0.4) is 0 Å². The summed E-state index contributed by atoms with van der Waals surface area (Å²) in [6.07, 6.45) is 2.00. The number of cyclic esters (lactones) is 1. The molecule has 0 bridgehead atoms.